The topological polar surface area (TPSA) is 67.2 Å². The lowest BCUT2D eigenvalue weighted by molar-refractivity contribution is -0.121. The van der Waals surface area contributed by atoms with Crippen LogP contribution in [0.25, 0.3) is 0 Å². The highest BCUT2D eigenvalue weighted by Gasteiger charge is 2.24. The lowest BCUT2D eigenvalue weighted by Gasteiger charge is -2.33. The Kier molecular flexibility index (Phi) is 4.90. The molecule has 1 aliphatic rings. The second-order valence-corrected chi connectivity index (χ2v) is 3.98. The lowest BCUT2D eigenvalue weighted by atomic mass is 9.88. The van der Waals surface area contributed by atoms with E-state index in [1.807, 2.05) is 6.92 Å². The molecule has 1 saturated carbocycles. The Bertz CT molecular complexity index is 178. The molecule has 0 saturated heterocycles. The zero-order valence-corrected chi connectivity index (χ0v) is 8.88. The highest BCUT2D eigenvalue weighted by Crippen LogP contribution is 2.16. The molecule has 0 radical (unpaired) electrons. The zero-order valence-electron chi connectivity index (χ0n) is 8.88. The van der Waals surface area contributed by atoms with Gasteiger partial charge in [-0.15, -0.1) is 0 Å². The van der Waals surface area contributed by atoms with Crippen LogP contribution in [0.2, 0.25) is 0 Å². The van der Waals surface area contributed by atoms with Gasteiger partial charge in [-0.3, -0.25) is 4.79 Å². The van der Waals surface area contributed by atoms with Gasteiger partial charge in [0, 0.05) is 31.6 Å². The molecule has 0 aromatic carbocycles. The maximum atomic E-state index is 11.2. The number of carbonyl (C=O) groups is 1. The highest BCUT2D eigenvalue weighted by atomic mass is 16.1. The van der Waals surface area contributed by atoms with Crippen LogP contribution in [0.5, 0.6) is 0 Å². The van der Waals surface area contributed by atoms with Crippen molar-refractivity contribution in [2.24, 2.45) is 5.73 Å². The van der Waals surface area contributed by atoms with Crippen LogP contribution in [-0.2, 0) is 4.79 Å². The van der Waals surface area contributed by atoms with Crippen molar-refractivity contribution < 1.29 is 4.79 Å². The monoisotopic (exact) mass is 199 g/mol. The molecule has 0 unspecified atom stereocenters. The van der Waals surface area contributed by atoms with Crippen molar-refractivity contribution in [3.63, 3.8) is 0 Å². The lowest BCUT2D eigenvalue weighted by Crippen LogP contribution is -2.49. The molecule has 0 atom stereocenters. The minimum Gasteiger partial charge on any atom is -0.356 e. The number of rotatable bonds is 6. The van der Waals surface area contributed by atoms with Crippen LogP contribution in [0.15, 0.2) is 0 Å². The van der Waals surface area contributed by atoms with E-state index in [1.54, 1.807) is 0 Å². The van der Waals surface area contributed by atoms with Crippen molar-refractivity contribution in [3.8, 4) is 0 Å². The SMILES string of the molecule is CCCNC(=O)CCNC1CC(N)C1. The zero-order chi connectivity index (χ0) is 10.4. The van der Waals surface area contributed by atoms with E-state index in [1.165, 1.54) is 0 Å². The molecule has 4 heteroatoms. The number of amides is 1. The van der Waals surface area contributed by atoms with Crippen LogP contribution in [0.1, 0.15) is 32.6 Å². The van der Waals surface area contributed by atoms with Crippen LogP contribution in [0, 0.1) is 0 Å². The van der Waals surface area contributed by atoms with Crippen LogP contribution in [-0.4, -0.2) is 31.1 Å². The summed E-state index contributed by atoms with van der Waals surface area (Å²) in [6.07, 6.45) is 3.68. The fraction of sp³-hybridized carbons (Fsp3) is 0.900. The number of hydrogen-bond donors (Lipinski definition) is 3. The van der Waals surface area contributed by atoms with Gasteiger partial charge < -0.3 is 16.4 Å². The van der Waals surface area contributed by atoms with E-state index in [0.717, 1.165) is 32.4 Å². The van der Waals surface area contributed by atoms with Gasteiger partial charge in [0.2, 0.25) is 5.91 Å². The Balaban J connectivity index is 1.90. The second kappa shape index (κ2) is 5.98. The van der Waals surface area contributed by atoms with E-state index < -0.39 is 0 Å². The Morgan fingerprint density at radius 3 is 2.71 bits per heavy atom. The summed E-state index contributed by atoms with van der Waals surface area (Å²) < 4.78 is 0. The van der Waals surface area contributed by atoms with Gasteiger partial charge in [-0.2, -0.15) is 0 Å². The molecule has 0 heterocycles. The Hall–Kier alpha value is -0.610. The molecule has 1 rings (SSSR count). The molecule has 0 bridgehead atoms. The average Bonchev–Trinajstić information content (AvgIpc) is 2.12. The van der Waals surface area contributed by atoms with Gasteiger partial charge in [0.05, 0.1) is 0 Å². The van der Waals surface area contributed by atoms with E-state index in [9.17, 15) is 4.79 Å². The molecule has 82 valence electrons. The number of carbonyl (C=O) groups excluding carboxylic acids is 1. The van der Waals surface area contributed by atoms with Crippen molar-refractivity contribution in [2.45, 2.75) is 44.7 Å². The summed E-state index contributed by atoms with van der Waals surface area (Å²) in [5.41, 5.74) is 5.65. The van der Waals surface area contributed by atoms with Gasteiger partial charge in [-0.05, 0) is 19.3 Å². The first-order valence-corrected chi connectivity index (χ1v) is 5.48. The van der Waals surface area contributed by atoms with Crippen LogP contribution >= 0.6 is 0 Å². The van der Waals surface area contributed by atoms with Gasteiger partial charge in [-0.25, -0.2) is 0 Å². The molecule has 4 N–H and O–H groups in total. The highest BCUT2D eigenvalue weighted by molar-refractivity contribution is 5.75. The van der Waals surface area contributed by atoms with Crippen molar-refractivity contribution in [1.82, 2.24) is 10.6 Å². The molecular formula is C10H21N3O. The van der Waals surface area contributed by atoms with E-state index in [2.05, 4.69) is 10.6 Å². The summed E-state index contributed by atoms with van der Waals surface area (Å²) in [6.45, 7) is 3.61. The summed E-state index contributed by atoms with van der Waals surface area (Å²) in [7, 11) is 0. The summed E-state index contributed by atoms with van der Waals surface area (Å²) in [4.78, 5) is 11.2. The van der Waals surface area contributed by atoms with Crippen molar-refractivity contribution >= 4 is 5.91 Å². The van der Waals surface area contributed by atoms with E-state index in [-0.39, 0.29) is 5.91 Å². The quantitative estimate of drug-likeness (QED) is 0.563. The first-order chi connectivity index (χ1) is 6.72. The fourth-order valence-corrected chi connectivity index (χ4v) is 1.57. The van der Waals surface area contributed by atoms with Crippen molar-refractivity contribution in [3.05, 3.63) is 0 Å². The molecule has 14 heavy (non-hydrogen) atoms. The Labute approximate surface area is 85.6 Å². The fourth-order valence-electron chi connectivity index (χ4n) is 1.57. The molecule has 1 fully saturated rings. The molecule has 0 spiro atoms. The number of nitrogens with one attached hydrogen (secondary N) is 2. The molecule has 4 nitrogen and oxygen atoms in total. The van der Waals surface area contributed by atoms with Crippen molar-refractivity contribution in [1.29, 1.82) is 0 Å². The maximum Gasteiger partial charge on any atom is 0.221 e. The smallest absolute Gasteiger partial charge is 0.221 e. The van der Waals surface area contributed by atoms with Crippen LogP contribution < -0.4 is 16.4 Å². The maximum absolute atomic E-state index is 11.2. The Morgan fingerprint density at radius 2 is 2.14 bits per heavy atom. The summed E-state index contributed by atoms with van der Waals surface area (Å²) in [5, 5.41) is 6.16. The van der Waals surface area contributed by atoms with Gasteiger partial charge in [0.15, 0.2) is 0 Å². The summed E-state index contributed by atoms with van der Waals surface area (Å²) in [6, 6.07) is 0.922. The second-order valence-electron chi connectivity index (χ2n) is 3.98. The molecule has 0 aromatic heterocycles. The van der Waals surface area contributed by atoms with E-state index in [4.69, 9.17) is 5.73 Å². The average molecular weight is 199 g/mol. The standard InChI is InChI=1S/C10H21N3O/c1-2-4-13-10(14)3-5-12-9-6-8(11)7-9/h8-9,12H,2-7,11H2,1H3,(H,13,14). The first-order valence-electron chi connectivity index (χ1n) is 5.48. The van der Waals surface area contributed by atoms with Gasteiger partial charge in [-0.1, -0.05) is 6.92 Å². The van der Waals surface area contributed by atoms with E-state index >= 15 is 0 Å². The van der Waals surface area contributed by atoms with Crippen LogP contribution in [0.3, 0.4) is 0 Å². The largest absolute Gasteiger partial charge is 0.356 e. The third-order valence-electron chi connectivity index (χ3n) is 2.53. The normalized spacial score (nSPS) is 25.6. The van der Waals surface area contributed by atoms with Gasteiger partial charge >= 0.3 is 0 Å². The van der Waals surface area contributed by atoms with Crippen molar-refractivity contribution in [2.75, 3.05) is 13.1 Å². The third kappa shape index (κ3) is 4.07. The molecule has 0 aromatic rings. The number of hydrogen-bond acceptors (Lipinski definition) is 3. The summed E-state index contributed by atoms with van der Waals surface area (Å²) in [5.74, 6) is 0.142. The number of nitrogens with two attached hydrogens (primary N) is 1. The van der Waals surface area contributed by atoms with Gasteiger partial charge in [0.1, 0.15) is 0 Å². The van der Waals surface area contributed by atoms with E-state index in [0.29, 0.717) is 18.5 Å². The molecular weight excluding hydrogens is 178 g/mol. The minimum atomic E-state index is 0.142. The first kappa shape index (κ1) is 11.5. The third-order valence-corrected chi connectivity index (χ3v) is 2.53. The predicted octanol–water partition coefficient (Wildman–Crippen LogP) is -0.0180. The van der Waals surface area contributed by atoms with Gasteiger partial charge in [0.25, 0.3) is 0 Å². The minimum absolute atomic E-state index is 0.142. The van der Waals surface area contributed by atoms with Crippen LogP contribution in [0.4, 0.5) is 0 Å². The summed E-state index contributed by atoms with van der Waals surface area (Å²) >= 11 is 0. The molecule has 0 aliphatic heterocycles. The molecule has 1 amide bonds. The molecule has 1 aliphatic carbocycles. The predicted molar refractivity (Wildman–Crippen MR) is 56.9 cm³/mol. The Morgan fingerprint density at radius 1 is 1.43 bits per heavy atom.